The number of halogens is 4. The van der Waals surface area contributed by atoms with Gasteiger partial charge in [-0.25, -0.2) is 4.98 Å². The van der Waals surface area contributed by atoms with E-state index in [0.29, 0.717) is 16.3 Å². The van der Waals surface area contributed by atoms with E-state index in [9.17, 15) is 18.0 Å². The smallest absolute Gasteiger partial charge is 0.425 e. The van der Waals surface area contributed by atoms with Gasteiger partial charge >= 0.3 is 6.18 Å². The molecule has 2 heterocycles. The summed E-state index contributed by atoms with van der Waals surface area (Å²) in [6.07, 6.45) is -5.53. The number of benzene rings is 1. The molecule has 0 spiro atoms. The molecule has 3 rings (SSSR count). The summed E-state index contributed by atoms with van der Waals surface area (Å²) < 4.78 is 53.8. The number of methoxy groups -OCH3 is 1. The van der Waals surface area contributed by atoms with Crippen molar-refractivity contribution in [3.05, 3.63) is 58.9 Å². The molecule has 0 saturated carbocycles. The van der Waals surface area contributed by atoms with Crippen LogP contribution in [0.5, 0.6) is 11.8 Å². The van der Waals surface area contributed by atoms with Crippen molar-refractivity contribution in [3.8, 4) is 22.9 Å². The fraction of sp³-hybridized carbons (Fsp3) is 0.250. The highest BCUT2D eigenvalue weighted by atomic mass is 35.5. The molecule has 31 heavy (non-hydrogen) atoms. The number of hydrogen-bond donors (Lipinski definition) is 1. The number of hydrogen-bond acceptors (Lipinski definition) is 6. The van der Waals surface area contributed by atoms with Crippen molar-refractivity contribution in [1.29, 1.82) is 0 Å². The van der Waals surface area contributed by atoms with Gasteiger partial charge in [-0.1, -0.05) is 23.7 Å². The molecule has 0 aliphatic rings. The number of pyridine rings is 1. The van der Waals surface area contributed by atoms with Crippen molar-refractivity contribution in [3.63, 3.8) is 0 Å². The van der Waals surface area contributed by atoms with Crippen molar-refractivity contribution >= 4 is 17.5 Å². The average Bonchev–Trinajstić information content (AvgIpc) is 3.20. The number of aromatic nitrogens is 2. The molecule has 0 unspecified atom stereocenters. The predicted octanol–water partition coefficient (Wildman–Crippen LogP) is 4.66. The summed E-state index contributed by atoms with van der Waals surface area (Å²) in [7, 11) is 1.42. The van der Waals surface area contributed by atoms with E-state index in [1.165, 1.54) is 19.2 Å². The quantitative estimate of drug-likeness (QED) is 0.557. The monoisotopic (exact) mass is 455 g/mol. The van der Waals surface area contributed by atoms with E-state index in [1.54, 1.807) is 24.3 Å². The van der Waals surface area contributed by atoms with Gasteiger partial charge in [0, 0.05) is 22.8 Å². The van der Waals surface area contributed by atoms with Crippen molar-refractivity contribution in [2.45, 2.75) is 25.7 Å². The molecule has 2 aromatic heterocycles. The zero-order chi connectivity index (χ0) is 22.6. The molecule has 0 aliphatic carbocycles. The molecule has 0 fully saturated rings. The van der Waals surface area contributed by atoms with Crippen LogP contribution in [0, 0.1) is 0 Å². The Morgan fingerprint density at radius 1 is 1.26 bits per heavy atom. The standard InChI is InChI=1S/C20H17ClF3N3O4/c1-11(20(22,23)24)30-19-16(12-3-5-14(21)6-4-12)7-13(9-26-19)18(28)25-10-15-8-17(29-2)27-31-15/h3-9,11H,10H2,1-2H3,(H,25,28)/t11-/m0/s1. The van der Waals surface area contributed by atoms with Gasteiger partial charge in [-0.3, -0.25) is 4.79 Å². The Morgan fingerprint density at radius 2 is 1.97 bits per heavy atom. The maximum atomic E-state index is 13.0. The fourth-order valence-electron chi connectivity index (χ4n) is 2.48. The summed E-state index contributed by atoms with van der Waals surface area (Å²) >= 11 is 5.89. The molecule has 1 amide bonds. The highest BCUT2D eigenvalue weighted by molar-refractivity contribution is 6.30. The largest absolute Gasteiger partial charge is 0.479 e. The minimum absolute atomic E-state index is 0.0226. The Balaban J connectivity index is 1.86. The van der Waals surface area contributed by atoms with Gasteiger partial charge in [0.1, 0.15) is 0 Å². The lowest BCUT2D eigenvalue weighted by Crippen LogP contribution is -2.31. The molecule has 0 saturated heterocycles. The van der Waals surface area contributed by atoms with Gasteiger partial charge in [-0.2, -0.15) is 13.2 Å². The normalized spacial score (nSPS) is 12.3. The van der Waals surface area contributed by atoms with Gasteiger partial charge in [-0.05, 0) is 35.8 Å². The molecule has 0 radical (unpaired) electrons. The first-order chi connectivity index (χ1) is 14.7. The van der Waals surface area contributed by atoms with E-state index >= 15 is 0 Å². The minimum atomic E-state index is -4.58. The van der Waals surface area contributed by atoms with Gasteiger partial charge in [0.25, 0.3) is 11.8 Å². The van der Waals surface area contributed by atoms with E-state index in [4.69, 9.17) is 25.6 Å². The molecule has 1 atom stereocenters. The van der Waals surface area contributed by atoms with Crippen LogP contribution in [0.15, 0.2) is 47.1 Å². The zero-order valence-electron chi connectivity index (χ0n) is 16.4. The maximum Gasteiger partial charge on any atom is 0.425 e. The molecule has 0 bridgehead atoms. The van der Waals surface area contributed by atoms with Crippen LogP contribution in [0.25, 0.3) is 11.1 Å². The number of nitrogens with one attached hydrogen (secondary N) is 1. The van der Waals surface area contributed by atoms with Gasteiger partial charge in [-0.15, -0.1) is 0 Å². The van der Waals surface area contributed by atoms with Crippen molar-refractivity contribution in [2.75, 3.05) is 7.11 Å². The third-order valence-corrected chi connectivity index (χ3v) is 4.44. The minimum Gasteiger partial charge on any atom is -0.479 e. The Hall–Kier alpha value is -3.27. The van der Waals surface area contributed by atoms with E-state index in [2.05, 4.69) is 15.5 Å². The van der Waals surface area contributed by atoms with Gasteiger partial charge in [0.05, 0.1) is 19.2 Å². The Kier molecular flexibility index (Phi) is 6.69. The number of carbonyl (C=O) groups is 1. The van der Waals surface area contributed by atoms with Crippen molar-refractivity contribution in [2.24, 2.45) is 0 Å². The maximum absolute atomic E-state index is 13.0. The summed E-state index contributed by atoms with van der Waals surface area (Å²) in [5, 5.41) is 6.68. The van der Waals surface area contributed by atoms with Gasteiger partial charge in [0.2, 0.25) is 5.88 Å². The highest BCUT2D eigenvalue weighted by Crippen LogP contribution is 2.33. The molecule has 0 aliphatic heterocycles. The SMILES string of the molecule is COc1cc(CNC(=O)c2cnc(O[C@@H](C)C(F)(F)F)c(-c3ccc(Cl)cc3)c2)on1. The third-order valence-electron chi connectivity index (χ3n) is 4.19. The summed E-state index contributed by atoms with van der Waals surface area (Å²) in [6.45, 7) is 0.897. The van der Waals surface area contributed by atoms with Gasteiger partial charge in [0.15, 0.2) is 11.9 Å². The molecular formula is C20H17ClF3N3O4. The first-order valence-corrected chi connectivity index (χ1v) is 9.32. The lowest BCUT2D eigenvalue weighted by Gasteiger charge is -2.19. The summed E-state index contributed by atoms with van der Waals surface area (Å²) in [5.41, 5.74) is 0.807. The number of ether oxygens (including phenoxy) is 2. The first-order valence-electron chi connectivity index (χ1n) is 8.94. The predicted molar refractivity (Wildman–Crippen MR) is 105 cm³/mol. The average molecular weight is 456 g/mol. The molecular weight excluding hydrogens is 439 g/mol. The number of alkyl halides is 3. The van der Waals surface area contributed by atoms with E-state index in [0.717, 1.165) is 13.1 Å². The molecule has 1 N–H and O–H groups in total. The van der Waals surface area contributed by atoms with Crippen LogP contribution >= 0.6 is 11.6 Å². The second kappa shape index (κ2) is 9.25. The highest BCUT2D eigenvalue weighted by Gasteiger charge is 2.38. The second-order valence-electron chi connectivity index (χ2n) is 6.40. The van der Waals surface area contributed by atoms with E-state index < -0.39 is 18.2 Å². The lowest BCUT2D eigenvalue weighted by atomic mass is 10.0. The van der Waals surface area contributed by atoms with Crippen molar-refractivity contribution in [1.82, 2.24) is 15.5 Å². The van der Waals surface area contributed by atoms with E-state index in [1.807, 2.05) is 0 Å². The molecule has 11 heteroatoms. The van der Waals surface area contributed by atoms with Crippen LogP contribution in [0.1, 0.15) is 23.0 Å². The van der Waals surface area contributed by atoms with Crippen LogP contribution in [0.2, 0.25) is 5.02 Å². The van der Waals surface area contributed by atoms with E-state index in [-0.39, 0.29) is 29.4 Å². The molecule has 7 nitrogen and oxygen atoms in total. The molecule has 3 aromatic rings. The third kappa shape index (κ3) is 5.66. The Bertz CT molecular complexity index is 1050. The van der Waals surface area contributed by atoms with Gasteiger partial charge < -0.3 is 19.3 Å². The number of rotatable bonds is 7. The summed E-state index contributed by atoms with van der Waals surface area (Å²) in [5.74, 6) is -0.163. The lowest BCUT2D eigenvalue weighted by molar-refractivity contribution is -0.189. The number of carbonyl (C=O) groups excluding carboxylic acids is 1. The van der Waals surface area contributed by atoms with Crippen LogP contribution in [-0.4, -0.2) is 35.4 Å². The van der Waals surface area contributed by atoms with Crippen LogP contribution in [0.3, 0.4) is 0 Å². The Labute approximate surface area is 180 Å². The van der Waals surface area contributed by atoms with Crippen molar-refractivity contribution < 1.29 is 32.0 Å². The Morgan fingerprint density at radius 3 is 2.58 bits per heavy atom. The van der Waals surface area contributed by atoms with Crippen LogP contribution in [0.4, 0.5) is 13.2 Å². The van der Waals surface area contributed by atoms with Crippen LogP contribution in [-0.2, 0) is 6.54 Å². The van der Waals surface area contributed by atoms with Crippen LogP contribution < -0.4 is 14.8 Å². The second-order valence-corrected chi connectivity index (χ2v) is 6.84. The zero-order valence-corrected chi connectivity index (χ0v) is 17.1. The molecule has 1 aromatic carbocycles. The fourth-order valence-corrected chi connectivity index (χ4v) is 2.61. The summed E-state index contributed by atoms with van der Waals surface area (Å²) in [4.78, 5) is 16.5. The summed E-state index contributed by atoms with van der Waals surface area (Å²) in [6, 6.07) is 9.22. The topological polar surface area (TPSA) is 86.5 Å². The molecule has 164 valence electrons. The first kappa shape index (κ1) is 22.4. The number of nitrogens with zero attached hydrogens (tertiary/aromatic N) is 2. The number of amides is 1.